The number of nitrogens with zero attached hydrogens (tertiary/aromatic N) is 2. The number of anilines is 1. The summed E-state index contributed by atoms with van der Waals surface area (Å²) in [5.41, 5.74) is 2.53. The van der Waals surface area contributed by atoms with Gasteiger partial charge in [-0.1, -0.05) is 32.9 Å². The number of aliphatic carboxylic acids is 1. The molecule has 0 aliphatic heterocycles. The Morgan fingerprint density at radius 1 is 1.24 bits per heavy atom. The summed E-state index contributed by atoms with van der Waals surface area (Å²) < 4.78 is 1.25. The predicted octanol–water partition coefficient (Wildman–Crippen LogP) is 3.00. The predicted molar refractivity (Wildman–Crippen MR) is 94.8 cm³/mol. The Morgan fingerprint density at radius 3 is 2.68 bits per heavy atom. The normalized spacial score (nSPS) is 11.6. The average Bonchev–Trinajstić information content (AvgIpc) is 3.11. The van der Waals surface area contributed by atoms with Crippen molar-refractivity contribution >= 4 is 28.6 Å². The van der Waals surface area contributed by atoms with Crippen LogP contribution in [-0.2, 0) is 16.8 Å². The zero-order chi connectivity index (χ0) is 18.2. The van der Waals surface area contributed by atoms with Crippen molar-refractivity contribution in [1.29, 1.82) is 0 Å². The summed E-state index contributed by atoms with van der Waals surface area (Å²) in [6, 6.07) is 9.44. The summed E-state index contributed by atoms with van der Waals surface area (Å²) in [6.07, 6.45) is 1.50. The van der Waals surface area contributed by atoms with Gasteiger partial charge in [-0.15, -0.1) is 0 Å². The van der Waals surface area contributed by atoms with Crippen LogP contribution >= 0.6 is 0 Å². The zero-order valence-corrected chi connectivity index (χ0v) is 14.3. The van der Waals surface area contributed by atoms with Gasteiger partial charge in [0.05, 0.1) is 0 Å². The van der Waals surface area contributed by atoms with Crippen LogP contribution in [0.3, 0.4) is 0 Å². The Bertz CT molecular complexity index is 947. The van der Waals surface area contributed by atoms with Gasteiger partial charge in [-0.3, -0.25) is 14.3 Å². The van der Waals surface area contributed by atoms with Crippen LogP contribution in [0.1, 0.15) is 36.8 Å². The van der Waals surface area contributed by atoms with Crippen LogP contribution in [0.4, 0.5) is 5.82 Å². The van der Waals surface area contributed by atoms with Crippen molar-refractivity contribution in [3.8, 4) is 0 Å². The molecular weight excluding hydrogens is 320 g/mol. The van der Waals surface area contributed by atoms with Crippen molar-refractivity contribution in [3.05, 3.63) is 47.8 Å². The van der Waals surface area contributed by atoms with Crippen LogP contribution in [0.25, 0.3) is 10.9 Å². The minimum Gasteiger partial charge on any atom is -0.480 e. The third-order valence-electron chi connectivity index (χ3n) is 3.91. The first-order valence-electron chi connectivity index (χ1n) is 7.92. The lowest BCUT2D eigenvalue weighted by Gasteiger charge is -2.18. The molecule has 0 spiro atoms. The number of benzene rings is 1. The second kappa shape index (κ2) is 6.08. The minimum atomic E-state index is -0.994. The maximum atomic E-state index is 12.4. The second-order valence-electron chi connectivity index (χ2n) is 6.98. The van der Waals surface area contributed by atoms with Gasteiger partial charge in [-0.05, 0) is 23.1 Å². The molecule has 1 aromatic carbocycles. The highest BCUT2D eigenvalue weighted by Crippen LogP contribution is 2.26. The number of amides is 1. The van der Waals surface area contributed by atoms with Gasteiger partial charge in [0.2, 0.25) is 0 Å². The number of rotatable bonds is 4. The molecule has 3 aromatic rings. The molecule has 0 saturated heterocycles. The van der Waals surface area contributed by atoms with Crippen molar-refractivity contribution in [2.45, 2.75) is 32.7 Å². The number of carbonyl (C=O) groups excluding carboxylic acids is 1. The molecule has 2 heterocycles. The van der Waals surface area contributed by atoms with E-state index in [2.05, 4.69) is 42.2 Å². The van der Waals surface area contributed by atoms with Crippen molar-refractivity contribution in [2.24, 2.45) is 0 Å². The molecule has 0 unspecified atom stereocenters. The first-order valence-corrected chi connectivity index (χ1v) is 7.92. The molecule has 1 amide bonds. The Morgan fingerprint density at radius 2 is 2.00 bits per heavy atom. The highest BCUT2D eigenvalue weighted by atomic mass is 16.4. The summed E-state index contributed by atoms with van der Waals surface area (Å²) in [5.74, 6) is -1.01. The summed E-state index contributed by atoms with van der Waals surface area (Å²) in [7, 11) is 0. The maximum absolute atomic E-state index is 12.4. The molecule has 7 nitrogen and oxygen atoms in total. The van der Waals surface area contributed by atoms with Crippen molar-refractivity contribution in [3.63, 3.8) is 0 Å². The lowest BCUT2D eigenvalue weighted by atomic mass is 9.87. The number of aromatic amines is 1. The fourth-order valence-electron chi connectivity index (χ4n) is 2.55. The van der Waals surface area contributed by atoms with E-state index in [1.165, 1.54) is 16.4 Å². The van der Waals surface area contributed by atoms with Gasteiger partial charge in [0, 0.05) is 23.2 Å². The molecule has 25 heavy (non-hydrogen) atoms. The number of hydrogen-bond donors (Lipinski definition) is 3. The summed E-state index contributed by atoms with van der Waals surface area (Å²) in [4.78, 5) is 26.2. The molecule has 7 heteroatoms. The smallest absolute Gasteiger partial charge is 0.325 e. The van der Waals surface area contributed by atoms with Gasteiger partial charge in [-0.25, -0.2) is 0 Å². The Balaban J connectivity index is 1.80. The number of carboxylic acids is 1. The van der Waals surface area contributed by atoms with Gasteiger partial charge in [0.25, 0.3) is 5.91 Å². The fourth-order valence-corrected chi connectivity index (χ4v) is 2.55. The van der Waals surface area contributed by atoms with Crippen molar-refractivity contribution in [1.82, 2.24) is 14.8 Å². The first-order chi connectivity index (χ1) is 11.7. The van der Waals surface area contributed by atoms with Gasteiger partial charge >= 0.3 is 5.97 Å². The molecule has 0 aliphatic carbocycles. The molecule has 0 radical (unpaired) electrons. The van der Waals surface area contributed by atoms with Crippen LogP contribution in [0.2, 0.25) is 0 Å². The van der Waals surface area contributed by atoms with Gasteiger partial charge in [-0.2, -0.15) is 5.10 Å². The average molecular weight is 340 g/mol. The van der Waals surface area contributed by atoms with Crippen LogP contribution < -0.4 is 5.32 Å². The van der Waals surface area contributed by atoms with Crippen LogP contribution in [0.5, 0.6) is 0 Å². The SMILES string of the molecule is CC(C)(C)c1ccc2cc(C(=O)Nc3ccn(CC(=O)O)n3)[nH]c2c1. The topological polar surface area (TPSA) is 100 Å². The van der Waals surface area contributed by atoms with Crippen molar-refractivity contribution in [2.75, 3.05) is 5.32 Å². The molecule has 2 aromatic heterocycles. The van der Waals surface area contributed by atoms with Crippen LogP contribution in [-0.4, -0.2) is 31.7 Å². The quantitative estimate of drug-likeness (QED) is 0.679. The van der Waals surface area contributed by atoms with Crippen molar-refractivity contribution < 1.29 is 14.7 Å². The van der Waals surface area contributed by atoms with Gasteiger partial charge in [0.15, 0.2) is 5.82 Å². The third-order valence-corrected chi connectivity index (χ3v) is 3.91. The van der Waals surface area contributed by atoms with E-state index in [0.29, 0.717) is 11.5 Å². The molecule has 3 N–H and O–H groups in total. The van der Waals surface area contributed by atoms with Crippen LogP contribution in [0, 0.1) is 0 Å². The number of nitrogens with one attached hydrogen (secondary N) is 2. The molecule has 0 atom stereocenters. The van der Waals surface area contributed by atoms with E-state index in [1.807, 2.05) is 12.1 Å². The Labute approximate surface area is 144 Å². The van der Waals surface area contributed by atoms with Gasteiger partial charge < -0.3 is 15.4 Å². The molecule has 3 rings (SSSR count). The van der Waals surface area contributed by atoms with E-state index in [9.17, 15) is 9.59 Å². The highest BCUT2D eigenvalue weighted by molar-refractivity contribution is 6.05. The minimum absolute atomic E-state index is 0.0265. The van der Waals surface area contributed by atoms with Gasteiger partial charge in [0.1, 0.15) is 12.2 Å². The summed E-state index contributed by atoms with van der Waals surface area (Å²) >= 11 is 0. The maximum Gasteiger partial charge on any atom is 0.325 e. The van der Waals surface area contributed by atoms with E-state index in [0.717, 1.165) is 10.9 Å². The molecular formula is C18H20N4O3. The molecule has 0 bridgehead atoms. The first kappa shape index (κ1) is 16.8. The second-order valence-corrected chi connectivity index (χ2v) is 6.98. The number of aromatic nitrogens is 3. The van der Waals surface area contributed by atoms with E-state index < -0.39 is 5.97 Å². The van der Waals surface area contributed by atoms with E-state index >= 15 is 0 Å². The van der Waals surface area contributed by atoms with E-state index in [4.69, 9.17) is 5.11 Å². The number of H-pyrrole nitrogens is 1. The number of carboxylic acid groups (broad SMARTS) is 1. The molecule has 0 aliphatic rings. The molecule has 0 saturated carbocycles. The Hall–Kier alpha value is -3.09. The lowest BCUT2D eigenvalue weighted by molar-refractivity contribution is -0.137. The highest BCUT2D eigenvalue weighted by Gasteiger charge is 2.16. The lowest BCUT2D eigenvalue weighted by Crippen LogP contribution is -2.14. The molecule has 130 valence electrons. The number of fused-ring (bicyclic) bond motifs is 1. The van der Waals surface area contributed by atoms with E-state index in [-0.39, 0.29) is 17.9 Å². The largest absolute Gasteiger partial charge is 0.480 e. The number of carbonyl (C=O) groups is 2. The van der Waals surface area contributed by atoms with Crippen LogP contribution in [0.15, 0.2) is 36.5 Å². The summed E-state index contributed by atoms with van der Waals surface area (Å²) in [6.45, 7) is 6.16. The van der Waals surface area contributed by atoms with E-state index in [1.54, 1.807) is 12.1 Å². The third kappa shape index (κ3) is 3.71. The monoisotopic (exact) mass is 340 g/mol. The fraction of sp³-hybridized carbons (Fsp3) is 0.278. The standard InChI is InChI=1S/C18H20N4O3/c1-18(2,3)12-5-4-11-8-14(19-13(11)9-12)17(25)20-15-6-7-22(21-15)10-16(23)24/h4-9,19H,10H2,1-3H3,(H,23,24)(H,20,21,25). The number of hydrogen-bond acceptors (Lipinski definition) is 3. The zero-order valence-electron chi connectivity index (χ0n) is 14.3. The Kier molecular flexibility index (Phi) is 4.08. The molecule has 0 fully saturated rings. The summed E-state index contributed by atoms with van der Waals surface area (Å²) in [5, 5.41) is 16.4.